The molecule has 0 aromatic heterocycles. The van der Waals surface area contributed by atoms with Gasteiger partial charge in [-0.1, -0.05) is 0 Å². The van der Waals surface area contributed by atoms with Crippen molar-refractivity contribution < 1.29 is 0 Å². The predicted molar refractivity (Wildman–Crippen MR) is 52.6 cm³/mol. The maximum Gasteiger partial charge on any atom is 0.0207 e. The molecule has 0 aromatic rings. The fourth-order valence-corrected chi connectivity index (χ4v) is 3.99. The molecule has 3 unspecified atom stereocenters. The Hall–Kier alpha value is 0.270. The lowest BCUT2D eigenvalue weighted by atomic mass is 10.1. The van der Waals surface area contributed by atoms with Gasteiger partial charge in [-0.05, 0) is 19.4 Å². The first-order chi connectivity index (χ1) is 5.92. The minimum absolute atomic E-state index is 0.828. The lowest BCUT2D eigenvalue weighted by Crippen LogP contribution is -2.52. The Morgan fingerprint density at radius 2 is 2.42 bits per heavy atom. The van der Waals surface area contributed by atoms with Crippen LogP contribution in [-0.4, -0.2) is 47.6 Å². The normalized spacial score (nSPS) is 46.5. The summed E-state index contributed by atoms with van der Waals surface area (Å²) in [5, 5.41) is 4.46. The van der Waals surface area contributed by atoms with Crippen LogP contribution in [0.4, 0.5) is 0 Å². The first-order valence-electron chi connectivity index (χ1n) is 5.01. The molecule has 3 heterocycles. The molecule has 0 aliphatic carbocycles. The summed E-state index contributed by atoms with van der Waals surface area (Å²) in [5.41, 5.74) is 0. The average Bonchev–Trinajstić information content (AvgIpc) is 2.56. The van der Waals surface area contributed by atoms with Gasteiger partial charge in [-0.25, -0.2) is 0 Å². The lowest BCUT2D eigenvalue weighted by Gasteiger charge is -2.35. The van der Waals surface area contributed by atoms with Crippen molar-refractivity contribution in [3.63, 3.8) is 0 Å². The van der Waals surface area contributed by atoms with Crippen molar-refractivity contribution >= 4 is 11.8 Å². The molecule has 0 aromatic carbocycles. The highest BCUT2D eigenvalue weighted by Crippen LogP contribution is 2.37. The number of hydrogen-bond acceptors (Lipinski definition) is 3. The van der Waals surface area contributed by atoms with Crippen molar-refractivity contribution in [2.24, 2.45) is 0 Å². The summed E-state index contributed by atoms with van der Waals surface area (Å²) in [5.74, 6) is 1.40. The van der Waals surface area contributed by atoms with Crippen LogP contribution in [-0.2, 0) is 0 Å². The van der Waals surface area contributed by atoms with E-state index in [2.05, 4.69) is 22.0 Å². The minimum Gasteiger partial charge on any atom is -0.313 e. The first-order valence-corrected chi connectivity index (χ1v) is 6.06. The first kappa shape index (κ1) is 7.65. The van der Waals surface area contributed by atoms with Gasteiger partial charge in [0, 0.05) is 36.2 Å². The molecule has 3 heteroatoms. The topological polar surface area (TPSA) is 15.3 Å². The quantitative estimate of drug-likeness (QED) is 0.674. The van der Waals surface area contributed by atoms with Gasteiger partial charge in [0.2, 0.25) is 0 Å². The number of rotatable bonds is 2. The SMILES string of the molecule is C1CC(CN2CC3CC2CS3)N1. The third kappa shape index (κ3) is 1.19. The van der Waals surface area contributed by atoms with Crippen LogP contribution >= 0.6 is 11.8 Å². The highest BCUT2D eigenvalue weighted by Gasteiger charge is 2.39. The van der Waals surface area contributed by atoms with E-state index in [1.165, 1.54) is 38.2 Å². The lowest BCUT2D eigenvalue weighted by molar-refractivity contribution is 0.203. The Morgan fingerprint density at radius 1 is 1.50 bits per heavy atom. The van der Waals surface area contributed by atoms with Gasteiger partial charge in [0.05, 0.1) is 0 Å². The van der Waals surface area contributed by atoms with Crippen molar-refractivity contribution in [3.8, 4) is 0 Å². The van der Waals surface area contributed by atoms with Gasteiger partial charge >= 0.3 is 0 Å². The largest absolute Gasteiger partial charge is 0.313 e. The van der Waals surface area contributed by atoms with E-state index < -0.39 is 0 Å². The van der Waals surface area contributed by atoms with Crippen LogP contribution in [0, 0.1) is 0 Å². The van der Waals surface area contributed by atoms with E-state index in [0.717, 1.165) is 17.3 Å². The van der Waals surface area contributed by atoms with Gasteiger partial charge in [-0.15, -0.1) is 0 Å². The Kier molecular flexibility index (Phi) is 1.85. The van der Waals surface area contributed by atoms with Crippen LogP contribution in [0.2, 0.25) is 0 Å². The van der Waals surface area contributed by atoms with Gasteiger partial charge in [0.25, 0.3) is 0 Å². The molecule has 3 aliphatic heterocycles. The summed E-state index contributed by atoms with van der Waals surface area (Å²) in [4.78, 5) is 2.71. The molecule has 3 atom stereocenters. The zero-order valence-corrected chi connectivity index (χ0v) is 8.15. The maximum absolute atomic E-state index is 3.48. The van der Waals surface area contributed by atoms with Crippen molar-refractivity contribution in [3.05, 3.63) is 0 Å². The molecule has 0 spiro atoms. The molecule has 0 radical (unpaired) electrons. The summed E-state index contributed by atoms with van der Waals surface area (Å²) in [6.07, 6.45) is 2.87. The molecule has 0 saturated carbocycles. The zero-order valence-electron chi connectivity index (χ0n) is 7.33. The summed E-state index contributed by atoms with van der Waals surface area (Å²) < 4.78 is 0. The number of fused-ring (bicyclic) bond motifs is 2. The number of hydrogen-bond donors (Lipinski definition) is 1. The van der Waals surface area contributed by atoms with Crippen molar-refractivity contribution in [1.82, 2.24) is 10.2 Å². The molecular formula is C9H16N2S. The molecule has 2 nitrogen and oxygen atoms in total. The Morgan fingerprint density at radius 3 is 2.92 bits per heavy atom. The number of nitrogens with zero attached hydrogens (tertiary/aromatic N) is 1. The molecule has 3 rings (SSSR count). The molecule has 3 aliphatic rings. The molecule has 68 valence electrons. The monoisotopic (exact) mass is 184 g/mol. The Labute approximate surface area is 78.1 Å². The fourth-order valence-electron chi connectivity index (χ4n) is 2.49. The molecule has 3 fully saturated rings. The van der Waals surface area contributed by atoms with E-state index in [9.17, 15) is 0 Å². The van der Waals surface area contributed by atoms with Crippen LogP contribution in [0.25, 0.3) is 0 Å². The van der Waals surface area contributed by atoms with Crippen LogP contribution in [0.15, 0.2) is 0 Å². The van der Waals surface area contributed by atoms with Gasteiger partial charge in [0.15, 0.2) is 0 Å². The van der Waals surface area contributed by atoms with Crippen molar-refractivity contribution in [2.75, 3.05) is 25.4 Å². The second kappa shape index (κ2) is 2.89. The highest BCUT2D eigenvalue weighted by atomic mass is 32.2. The molecule has 2 bridgehead atoms. The van der Waals surface area contributed by atoms with Crippen LogP contribution in [0.1, 0.15) is 12.8 Å². The highest BCUT2D eigenvalue weighted by molar-refractivity contribution is 8.00. The number of likely N-dealkylation sites (tertiary alicyclic amines) is 1. The van der Waals surface area contributed by atoms with Gasteiger partial charge in [-0.3, -0.25) is 4.90 Å². The fraction of sp³-hybridized carbons (Fsp3) is 1.00. The smallest absolute Gasteiger partial charge is 0.0207 e. The Bertz CT molecular complexity index is 181. The third-order valence-corrected chi connectivity index (χ3v) is 4.78. The second-order valence-electron chi connectivity index (χ2n) is 4.24. The molecular weight excluding hydrogens is 168 g/mol. The van der Waals surface area contributed by atoms with E-state index in [4.69, 9.17) is 0 Å². The zero-order chi connectivity index (χ0) is 7.97. The minimum atomic E-state index is 0.828. The van der Waals surface area contributed by atoms with Gasteiger partial charge in [-0.2, -0.15) is 11.8 Å². The number of nitrogens with one attached hydrogen (secondary N) is 1. The van der Waals surface area contributed by atoms with Crippen molar-refractivity contribution in [2.45, 2.75) is 30.2 Å². The van der Waals surface area contributed by atoms with Crippen molar-refractivity contribution in [1.29, 1.82) is 0 Å². The predicted octanol–water partition coefficient (Wildman–Crippen LogP) is 0.538. The standard InChI is InChI=1S/C9H16N2S/c1-2-10-7(1)4-11-5-9-3-8(11)6-12-9/h7-10H,1-6H2. The van der Waals surface area contributed by atoms with Gasteiger partial charge < -0.3 is 5.32 Å². The van der Waals surface area contributed by atoms with Crippen LogP contribution in [0.5, 0.6) is 0 Å². The van der Waals surface area contributed by atoms with Crippen LogP contribution < -0.4 is 5.32 Å². The molecule has 12 heavy (non-hydrogen) atoms. The van der Waals surface area contributed by atoms with E-state index in [0.29, 0.717) is 0 Å². The summed E-state index contributed by atoms with van der Waals surface area (Å²) >= 11 is 2.19. The summed E-state index contributed by atoms with van der Waals surface area (Å²) in [6.45, 7) is 3.94. The average molecular weight is 184 g/mol. The Balaban J connectivity index is 1.56. The summed E-state index contributed by atoms with van der Waals surface area (Å²) in [7, 11) is 0. The summed E-state index contributed by atoms with van der Waals surface area (Å²) in [6, 6.07) is 1.76. The van der Waals surface area contributed by atoms with Gasteiger partial charge in [0.1, 0.15) is 0 Å². The van der Waals surface area contributed by atoms with E-state index in [-0.39, 0.29) is 0 Å². The number of thioether (sulfide) groups is 1. The second-order valence-corrected chi connectivity index (χ2v) is 5.57. The third-order valence-electron chi connectivity index (χ3n) is 3.39. The molecule has 1 N–H and O–H groups in total. The van der Waals surface area contributed by atoms with E-state index >= 15 is 0 Å². The maximum atomic E-state index is 3.48. The molecule has 0 amide bonds. The van der Waals surface area contributed by atoms with Crippen LogP contribution in [0.3, 0.4) is 0 Å². The molecule has 3 saturated heterocycles. The van der Waals surface area contributed by atoms with E-state index in [1.54, 1.807) is 0 Å². The van der Waals surface area contributed by atoms with E-state index in [1.807, 2.05) is 0 Å².